The van der Waals surface area contributed by atoms with Gasteiger partial charge in [-0.2, -0.15) is 0 Å². The van der Waals surface area contributed by atoms with Gasteiger partial charge in [0.05, 0.1) is 5.92 Å². The minimum absolute atomic E-state index is 0.0113. The van der Waals surface area contributed by atoms with Gasteiger partial charge in [-0.25, -0.2) is 4.79 Å². The Hall–Kier alpha value is -1.84. The van der Waals surface area contributed by atoms with E-state index < -0.39 is 0 Å². The highest BCUT2D eigenvalue weighted by molar-refractivity contribution is 5.97. The summed E-state index contributed by atoms with van der Waals surface area (Å²) in [6, 6.07) is 7.63. The van der Waals surface area contributed by atoms with Crippen molar-refractivity contribution in [1.82, 2.24) is 0 Å². The lowest BCUT2D eigenvalue weighted by molar-refractivity contribution is -0.149. The molecular formula is C15H20N2O2. The Balaban J connectivity index is 1.95. The van der Waals surface area contributed by atoms with Crippen LogP contribution < -0.4 is 5.73 Å². The average Bonchev–Trinajstić information content (AvgIpc) is 2.45. The summed E-state index contributed by atoms with van der Waals surface area (Å²) >= 11 is 0. The monoisotopic (exact) mass is 260 g/mol. The Kier molecular flexibility index (Phi) is 4.55. The van der Waals surface area contributed by atoms with E-state index in [2.05, 4.69) is 5.16 Å². The summed E-state index contributed by atoms with van der Waals surface area (Å²) in [6.45, 7) is 1.98. The van der Waals surface area contributed by atoms with E-state index in [-0.39, 0.29) is 17.7 Å². The second kappa shape index (κ2) is 6.36. The van der Waals surface area contributed by atoms with Crippen molar-refractivity contribution in [3.05, 3.63) is 35.4 Å². The Morgan fingerprint density at radius 3 is 2.74 bits per heavy atom. The van der Waals surface area contributed by atoms with E-state index in [1.165, 1.54) is 6.42 Å². The number of oxime groups is 1. The van der Waals surface area contributed by atoms with Crippen LogP contribution in [-0.4, -0.2) is 11.8 Å². The van der Waals surface area contributed by atoms with E-state index in [1.54, 1.807) is 0 Å². The van der Waals surface area contributed by atoms with Crippen molar-refractivity contribution in [2.75, 3.05) is 0 Å². The summed E-state index contributed by atoms with van der Waals surface area (Å²) in [6.07, 6.45) is 5.20. The van der Waals surface area contributed by atoms with Gasteiger partial charge < -0.3 is 10.6 Å². The molecule has 2 N–H and O–H groups in total. The van der Waals surface area contributed by atoms with Crippen LogP contribution in [0.5, 0.6) is 0 Å². The average molecular weight is 260 g/mol. The summed E-state index contributed by atoms with van der Waals surface area (Å²) in [5, 5.41) is 3.76. The van der Waals surface area contributed by atoms with E-state index in [4.69, 9.17) is 10.6 Å². The van der Waals surface area contributed by atoms with Crippen LogP contribution in [0, 0.1) is 12.8 Å². The molecule has 0 aliphatic heterocycles. The zero-order valence-corrected chi connectivity index (χ0v) is 11.3. The molecule has 0 radical (unpaired) electrons. The van der Waals surface area contributed by atoms with Crippen molar-refractivity contribution in [3.63, 3.8) is 0 Å². The lowest BCUT2D eigenvalue weighted by atomic mass is 9.89. The molecule has 19 heavy (non-hydrogen) atoms. The van der Waals surface area contributed by atoms with Gasteiger partial charge in [0.15, 0.2) is 5.84 Å². The molecule has 0 heterocycles. The summed E-state index contributed by atoms with van der Waals surface area (Å²) < 4.78 is 0. The molecule has 0 aromatic heterocycles. The number of amidine groups is 1. The van der Waals surface area contributed by atoms with Gasteiger partial charge >= 0.3 is 5.97 Å². The maximum atomic E-state index is 11.8. The SMILES string of the molecule is Cc1cccc(/C(N)=N/OC(=O)C2CCCCC2)c1. The van der Waals surface area contributed by atoms with Gasteiger partial charge in [0.1, 0.15) is 0 Å². The summed E-state index contributed by atoms with van der Waals surface area (Å²) in [5.74, 6) is -0.0222. The summed E-state index contributed by atoms with van der Waals surface area (Å²) in [5.41, 5.74) is 7.68. The van der Waals surface area contributed by atoms with Gasteiger partial charge in [0.25, 0.3) is 0 Å². The third-order valence-electron chi connectivity index (χ3n) is 3.49. The van der Waals surface area contributed by atoms with Gasteiger partial charge in [-0.3, -0.25) is 0 Å². The number of aryl methyl sites for hydroxylation is 1. The number of carbonyl (C=O) groups is 1. The van der Waals surface area contributed by atoms with Gasteiger partial charge in [0, 0.05) is 5.56 Å². The number of rotatable bonds is 3. The smallest absolute Gasteiger partial charge is 0.338 e. The molecule has 4 nitrogen and oxygen atoms in total. The minimum atomic E-state index is -0.254. The third kappa shape index (κ3) is 3.81. The zero-order chi connectivity index (χ0) is 13.7. The molecule has 1 aliphatic carbocycles. The van der Waals surface area contributed by atoms with Crippen LogP contribution in [0.15, 0.2) is 29.4 Å². The first kappa shape index (κ1) is 13.6. The highest BCUT2D eigenvalue weighted by Gasteiger charge is 2.22. The van der Waals surface area contributed by atoms with Crippen molar-refractivity contribution in [1.29, 1.82) is 0 Å². The van der Waals surface area contributed by atoms with Crippen molar-refractivity contribution in [2.24, 2.45) is 16.8 Å². The first-order valence-corrected chi connectivity index (χ1v) is 6.78. The van der Waals surface area contributed by atoms with Crippen LogP contribution in [0.2, 0.25) is 0 Å². The third-order valence-corrected chi connectivity index (χ3v) is 3.49. The summed E-state index contributed by atoms with van der Waals surface area (Å²) in [7, 11) is 0. The van der Waals surface area contributed by atoms with Crippen LogP contribution in [0.3, 0.4) is 0 Å². The molecule has 0 bridgehead atoms. The molecule has 0 spiro atoms. The van der Waals surface area contributed by atoms with Crippen molar-refractivity contribution in [3.8, 4) is 0 Å². The molecule has 1 aliphatic rings. The lowest BCUT2D eigenvalue weighted by Gasteiger charge is -2.18. The standard InChI is InChI=1S/C15H20N2O2/c1-11-6-5-9-13(10-11)14(16)17-19-15(18)12-7-3-2-4-8-12/h5-6,9-10,12H,2-4,7-8H2,1H3,(H2,16,17). The topological polar surface area (TPSA) is 64.7 Å². The van der Waals surface area contributed by atoms with Gasteiger partial charge in [-0.15, -0.1) is 0 Å². The number of nitrogens with zero attached hydrogens (tertiary/aromatic N) is 1. The molecule has 0 amide bonds. The molecular weight excluding hydrogens is 240 g/mol. The number of nitrogens with two attached hydrogens (primary N) is 1. The number of benzene rings is 1. The van der Waals surface area contributed by atoms with E-state index in [9.17, 15) is 4.79 Å². The maximum absolute atomic E-state index is 11.8. The Morgan fingerprint density at radius 1 is 1.32 bits per heavy atom. The van der Waals surface area contributed by atoms with Crippen molar-refractivity contribution < 1.29 is 9.63 Å². The Morgan fingerprint density at radius 2 is 2.05 bits per heavy atom. The fourth-order valence-corrected chi connectivity index (χ4v) is 2.36. The molecule has 1 aromatic rings. The first-order valence-electron chi connectivity index (χ1n) is 6.78. The van der Waals surface area contributed by atoms with Gasteiger partial charge in [0.2, 0.25) is 0 Å². The zero-order valence-electron chi connectivity index (χ0n) is 11.3. The molecule has 0 atom stereocenters. The second-order valence-electron chi connectivity index (χ2n) is 5.09. The first-order chi connectivity index (χ1) is 9.16. The molecule has 0 unspecified atom stereocenters. The number of carbonyl (C=O) groups excluding carboxylic acids is 1. The molecule has 1 aromatic carbocycles. The fourth-order valence-electron chi connectivity index (χ4n) is 2.36. The maximum Gasteiger partial charge on any atom is 0.338 e. The Bertz CT molecular complexity index is 477. The molecule has 2 rings (SSSR count). The van der Waals surface area contributed by atoms with Crippen LogP contribution in [0.25, 0.3) is 0 Å². The number of hydrogen-bond acceptors (Lipinski definition) is 3. The second-order valence-corrected chi connectivity index (χ2v) is 5.09. The molecule has 0 saturated heterocycles. The van der Waals surface area contributed by atoms with Crippen molar-refractivity contribution >= 4 is 11.8 Å². The minimum Gasteiger partial charge on any atom is -0.380 e. The molecule has 1 fully saturated rings. The summed E-state index contributed by atoms with van der Waals surface area (Å²) in [4.78, 5) is 16.8. The van der Waals surface area contributed by atoms with Crippen LogP contribution >= 0.6 is 0 Å². The highest BCUT2D eigenvalue weighted by Crippen LogP contribution is 2.24. The predicted molar refractivity (Wildman–Crippen MR) is 74.6 cm³/mol. The van der Waals surface area contributed by atoms with E-state index in [1.807, 2.05) is 31.2 Å². The van der Waals surface area contributed by atoms with E-state index >= 15 is 0 Å². The highest BCUT2D eigenvalue weighted by atomic mass is 16.7. The molecule has 1 saturated carbocycles. The lowest BCUT2D eigenvalue weighted by Crippen LogP contribution is -2.21. The normalized spacial score (nSPS) is 17.2. The van der Waals surface area contributed by atoms with Gasteiger partial charge in [-0.1, -0.05) is 48.2 Å². The van der Waals surface area contributed by atoms with Gasteiger partial charge in [-0.05, 0) is 25.8 Å². The largest absolute Gasteiger partial charge is 0.380 e. The quantitative estimate of drug-likeness (QED) is 0.393. The van der Waals surface area contributed by atoms with E-state index in [0.717, 1.165) is 36.8 Å². The van der Waals surface area contributed by atoms with Crippen molar-refractivity contribution in [2.45, 2.75) is 39.0 Å². The van der Waals surface area contributed by atoms with Crippen LogP contribution in [0.4, 0.5) is 0 Å². The van der Waals surface area contributed by atoms with Crippen LogP contribution in [0.1, 0.15) is 43.2 Å². The molecule has 102 valence electrons. The molecule has 4 heteroatoms. The van der Waals surface area contributed by atoms with E-state index in [0.29, 0.717) is 0 Å². The fraction of sp³-hybridized carbons (Fsp3) is 0.467. The number of hydrogen-bond donors (Lipinski definition) is 1. The predicted octanol–water partition coefficient (Wildman–Crippen LogP) is 2.74. The Labute approximate surface area is 113 Å². The van der Waals surface area contributed by atoms with Crippen LogP contribution in [-0.2, 0) is 9.63 Å².